The molecule has 226 valence electrons. The number of hydrogen-bond acceptors (Lipinski definition) is 7. The fraction of sp³-hybridized carbons (Fsp3) is 0.419. The summed E-state index contributed by atoms with van der Waals surface area (Å²) in [5, 5.41) is 20.1. The van der Waals surface area contributed by atoms with Crippen molar-refractivity contribution in [2.45, 2.75) is 55.1 Å². The van der Waals surface area contributed by atoms with Gasteiger partial charge in [0.15, 0.2) is 10.8 Å². The van der Waals surface area contributed by atoms with Gasteiger partial charge in [-0.1, -0.05) is 18.2 Å². The minimum absolute atomic E-state index is 0.0162. The van der Waals surface area contributed by atoms with E-state index >= 15 is 4.39 Å². The van der Waals surface area contributed by atoms with Crippen LogP contribution in [0.15, 0.2) is 29.4 Å². The van der Waals surface area contributed by atoms with Crippen molar-refractivity contribution in [3.05, 3.63) is 47.2 Å². The Labute approximate surface area is 254 Å². The van der Waals surface area contributed by atoms with Crippen molar-refractivity contribution in [1.82, 2.24) is 29.3 Å². The van der Waals surface area contributed by atoms with Crippen LogP contribution in [0.1, 0.15) is 48.2 Å². The second kappa shape index (κ2) is 10.3. The van der Waals surface area contributed by atoms with Crippen LogP contribution in [-0.2, 0) is 28.4 Å². The van der Waals surface area contributed by atoms with Crippen molar-refractivity contribution in [2.75, 3.05) is 26.9 Å². The van der Waals surface area contributed by atoms with E-state index in [2.05, 4.69) is 16.0 Å². The summed E-state index contributed by atoms with van der Waals surface area (Å²) in [7, 11) is 1.69. The molecule has 3 fully saturated rings. The van der Waals surface area contributed by atoms with Crippen LogP contribution in [0.4, 0.5) is 9.18 Å². The number of pyridine rings is 2. The van der Waals surface area contributed by atoms with Gasteiger partial charge in [-0.25, -0.2) is 19.2 Å². The van der Waals surface area contributed by atoms with Crippen LogP contribution in [0.5, 0.6) is 0 Å². The molecule has 5 atom stereocenters. The van der Waals surface area contributed by atoms with Gasteiger partial charge in [0.05, 0.1) is 40.4 Å². The lowest BCUT2D eigenvalue weighted by atomic mass is 9.79. The van der Waals surface area contributed by atoms with Gasteiger partial charge in [-0.2, -0.15) is 5.26 Å². The number of carbonyl (C=O) groups excluding carboxylic acids is 1. The van der Waals surface area contributed by atoms with Crippen molar-refractivity contribution in [3.63, 3.8) is 0 Å². The number of imidazole rings is 1. The zero-order chi connectivity index (χ0) is 31.0. The average Bonchev–Trinajstić information content (AvgIpc) is 3.77. The predicted octanol–water partition coefficient (Wildman–Crippen LogP) is 4.02. The number of fused-ring (bicyclic) bond motifs is 5. The van der Waals surface area contributed by atoms with Crippen LogP contribution in [0.3, 0.4) is 0 Å². The molecule has 8 rings (SSSR count). The van der Waals surface area contributed by atoms with E-state index in [1.807, 2.05) is 16.7 Å². The first-order chi connectivity index (χ1) is 21.1. The van der Waals surface area contributed by atoms with Crippen molar-refractivity contribution in [3.8, 4) is 17.3 Å². The molecule has 2 aliphatic heterocycles. The zero-order valence-electron chi connectivity index (χ0n) is 24.5. The molecule has 1 N–H and O–H groups in total. The van der Waals surface area contributed by atoms with Gasteiger partial charge in [-0.05, 0) is 30.4 Å². The third kappa shape index (κ3) is 4.11. The molecule has 3 aromatic heterocycles. The van der Waals surface area contributed by atoms with Gasteiger partial charge in [-0.15, -0.1) is 0 Å². The maximum absolute atomic E-state index is 16.7. The fourth-order valence-electron chi connectivity index (χ4n) is 7.34. The van der Waals surface area contributed by atoms with E-state index in [1.165, 1.54) is 16.1 Å². The topological polar surface area (TPSA) is 145 Å². The molecule has 2 aliphatic carbocycles. The first-order valence-electron chi connectivity index (χ1n) is 14.5. The third-order valence-electron chi connectivity index (χ3n) is 9.44. The van der Waals surface area contributed by atoms with Crippen LogP contribution in [0, 0.1) is 23.1 Å². The lowest BCUT2D eigenvalue weighted by Gasteiger charge is -2.38. The largest absolute Gasteiger partial charge is 0.465 e. The number of amides is 2. The number of carboxylic acid groups (broad SMARTS) is 1. The second-order valence-corrected chi connectivity index (χ2v) is 13.3. The molecule has 4 aliphatic rings. The van der Waals surface area contributed by atoms with E-state index in [4.69, 9.17) is 4.98 Å². The number of rotatable bonds is 6. The van der Waals surface area contributed by atoms with Crippen molar-refractivity contribution in [2.24, 2.45) is 5.92 Å². The Kier molecular flexibility index (Phi) is 6.65. The predicted molar refractivity (Wildman–Crippen MR) is 160 cm³/mol. The highest BCUT2D eigenvalue weighted by Gasteiger charge is 2.56. The molecule has 4 aromatic rings. The van der Waals surface area contributed by atoms with Gasteiger partial charge in [0, 0.05) is 62.8 Å². The van der Waals surface area contributed by atoms with Gasteiger partial charge in [0.1, 0.15) is 22.6 Å². The zero-order valence-corrected chi connectivity index (χ0v) is 25.3. The van der Waals surface area contributed by atoms with E-state index in [0.717, 1.165) is 17.5 Å². The standard InChI is InChI=1S/C31H30FN7O4S/c1-37(2)22(40)10-9-21-35-27-29(39(21)28-17-11-20(28)38(14-17)31(41)42)19-13-34-25(24(32)26(19)36-30(27)44(3)43)18-6-4-5-15-7-8-16(12-33)23(15)18/h4-6,13,16-17,20,28H,7-11,14H2,1-3H3,(H,41,42). The fourth-order valence-corrected chi connectivity index (χ4v) is 7.98. The van der Waals surface area contributed by atoms with Crippen LogP contribution >= 0.6 is 0 Å². The van der Waals surface area contributed by atoms with Crippen molar-refractivity contribution in [1.29, 1.82) is 5.26 Å². The molecule has 5 heterocycles. The minimum atomic E-state index is -1.65. The van der Waals surface area contributed by atoms with E-state index < -0.39 is 22.7 Å². The summed E-state index contributed by atoms with van der Waals surface area (Å²) in [6.07, 6.45) is 4.50. The molecule has 11 nitrogen and oxygen atoms in total. The number of nitrogens with zero attached hydrogens (tertiary/aromatic N) is 7. The maximum Gasteiger partial charge on any atom is 0.407 e. The van der Waals surface area contributed by atoms with Crippen LogP contribution in [0.2, 0.25) is 0 Å². The van der Waals surface area contributed by atoms with E-state index in [0.29, 0.717) is 47.2 Å². The summed E-state index contributed by atoms with van der Waals surface area (Å²) in [6.45, 7) is 0.367. The van der Waals surface area contributed by atoms with E-state index in [9.17, 15) is 24.2 Å². The lowest BCUT2D eigenvalue weighted by molar-refractivity contribution is -0.128. The molecule has 0 spiro atoms. The number of benzene rings is 1. The minimum Gasteiger partial charge on any atom is -0.465 e. The van der Waals surface area contributed by atoms with Gasteiger partial charge in [-0.3, -0.25) is 14.0 Å². The van der Waals surface area contributed by atoms with Crippen LogP contribution in [-0.4, -0.2) is 83.6 Å². The number of aromatic nitrogens is 4. The molecule has 1 aromatic carbocycles. The Bertz CT molecular complexity index is 1970. The Morgan fingerprint density at radius 2 is 2.05 bits per heavy atom. The van der Waals surface area contributed by atoms with Gasteiger partial charge in [0.25, 0.3) is 0 Å². The quantitative estimate of drug-likeness (QED) is 0.342. The molecule has 5 unspecified atom stereocenters. The Morgan fingerprint density at radius 3 is 2.73 bits per heavy atom. The number of halogens is 1. The highest BCUT2D eigenvalue weighted by atomic mass is 32.2. The summed E-state index contributed by atoms with van der Waals surface area (Å²) in [5.41, 5.74) is 3.18. The molecule has 2 bridgehead atoms. The van der Waals surface area contributed by atoms with E-state index in [1.54, 1.807) is 26.4 Å². The molecule has 1 saturated carbocycles. The summed E-state index contributed by atoms with van der Waals surface area (Å²) in [6, 6.07) is 7.30. The Balaban J connectivity index is 1.48. The smallest absolute Gasteiger partial charge is 0.407 e. The third-order valence-corrected chi connectivity index (χ3v) is 10.3. The van der Waals surface area contributed by atoms with Gasteiger partial charge in [0.2, 0.25) is 5.91 Å². The lowest BCUT2D eigenvalue weighted by Crippen LogP contribution is -2.42. The van der Waals surface area contributed by atoms with Crippen LogP contribution < -0.4 is 0 Å². The Morgan fingerprint density at radius 1 is 1.25 bits per heavy atom. The number of aryl methyl sites for hydroxylation is 2. The number of nitriles is 1. The summed E-state index contributed by atoms with van der Waals surface area (Å²) < 4.78 is 31.7. The molecule has 13 heteroatoms. The Hall–Kier alpha value is -4.44. The monoisotopic (exact) mass is 615 g/mol. The molecule has 44 heavy (non-hydrogen) atoms. The van der Waals surface area contributed by atoms with Gasteiger partial charge < -0.3 is 19.5 Å². The SMILES string of the molecule is CN(C)C(=O)CCc1nc2c(S(C)=O)nc3c(F)c(-c4cccc5c4C(C#N)CC5)ncc3c2n1C1C2CC1N(C(=O)O)C2. The maximum atomic E-state index is 16.7. The number of hydrogen-bond donors (Lipinski definition) is 1. The van der Waals surface area contributed by atoms with Crippen molar-refractivity contribution < 1.29 is 23.3 Å². The number of carbonyl (C=O) groups is 2. The molecule has 2 amide bonds. The highest BCUT2D eigenvalue weighted by molar-refractivity contribution is 7.84. The normalized spacial score (nSPS) is 22.6. The van der Waals surface area contributed by atoms with Crippen LogP contribution in [0.25, 0.3) is 33.2 Å². The molecule has 0 radical (unpaired) electrons. The average molecular weight is 616 g/mol. The first-order valence-corrected chi connectivity index (χ1v) is 16.1. The summed E-state index contributed by atoms with van der Waals surface area (Å²) in [4.78, 5) is 41.5. The van der Waals surface area contributed by atoms with E-state index in [-0.39, 0.29) is 58.9 Å². The van der Waals surface area contributed by atoms with Crippen molar-refractivity contribution >= 4 is 44.7 Å². The molecular formula is C31H30FN7O4S. The van der Waals surface area contributed by atoms with Gasteiger partial charge >= 0.3 is 6.09 Å². The molecular weight excluding hydrogens is 585 g/mol. The second-order valence-electron chi connectivity index (χ2n) is 12.0. The molecule has 2 saturated heterocycles. The highest BCUT2D eigenvalue weighted by Crippen LogP contribution is 2.52. The summed E-state index contributed by atoms with van der Waals surface area (Å²) in [5.74, 6) is -0.604. The summed E-state index contributed by atoms with van der Waals surface area (Å²) >= 11 is 0. The first kappa shape index (κ1) is 28.3.